The van der Waals surface area contributed by atoms with Crippen molar-refractivity contribution in [3.63, 3.8) is 0 Å². The zero-order valence-electron chi connectivity index (χ0n) is 14.8. The molecule has 0 rings (SSSR count). The van der Waals surface area contributed by atoms with Gasteiger partial charge in [-0.05, 0) is 31.7 Å². The fourth-order valence-corrected chi connectivity index (χ4v) is 2.33. The standard InChI is InChI=1S/C18H38N2O/c1-16(2)12-9-11-15-20-18(21)13-8-6-5-7-10-14-19-17(3)4/h16-17,19H,5-15H2,1-4H3,(H,20,21). The summed E-state index contributed by atoms with van der Waals surface area (Å²) >= 11 is 0. The molecule has 0 atom stereocenters. The summed E-state index contributed by atoms with van der Waals surface area (Å²) in [7, 11) is 0. The minimum Gasteiger partial charge on any atom is -0.356 e. The third kappa shape index (κ3) is 17.4. The lowest BCUT2D eigenvalue weighted by molar-refractivity contribution is -0.121. The van der Waals surface area contributed by atoms with E-state index < -0.39 is 0 Å². The number of unbranched alkanes of at least 4 members (excludes halogenated alkanes) is 5. The fourth-order valence-electron chi connectivity index (χ4n) is 2.33. The predicted molar refractivity (Wildman–Crippen MR) is 92.5 cm³/mol. The van der Waals surface area contributed by atoms with Gasteiger partial charge in [-0.2, -0.15) is 0 Å². The zero-order chi connectivity index (χ0) is 15.9. The number of hydrogen-bond donors (Lipinski definition) is 2. The van der Waals surface area contributed by atoms with E-state index in [0.717, 1.165) is 31.8 Å². The first kappa shape index (κ1) is 20.4. The third-order valence-electron chi connectivity index (χ3n) is 3.66. The molecule has 126 valence electrons. The molecule has 0 aliphatic heterocycles. The molecule has 0 heterocycles. The molecule has 0 aliphatic rings. The maximum Gasteiger partial charge on any atom is 0.219 e. The predicted octanol–water partition coefficient (Wildman–Crippen LogP) is 4.27. The number of rotatable bonds is 14. The molecular weight excluding hydrogens is 260 g/mol. The number of amides is 1. The van der Waals surface area contributed by atoms with Gasteiger partial charge in [-0.3, -0.25) is 4.79 Å². The van der Waals surface area contributed by atoms with Crippen LogP contribution in [0.4, 0.5) is 0 Å². The summed E-state index contributed by atoms with van der Waals surface area (Å²) in [6.07, 6.45) is 10.3. The van der Waals surface area contributed by atoms with Crippen molar-refractivity contribution in [1.82, 2.24) is 10.6 Å². The summed E-state index contributed by atoms with van der Waals surface area (Å²) in [4.78, 5) is 11.6. The summed E-state index contributed by atoms with van der Waals surface area (Å²) in [5.74, 6) is 1.01. The van der Waals surface area contributed by atoms with Gasteiger partial charge in [0.25, 0.3) is 0 Å². The van der Waals surface area contributed by atoms with Crippen LogP contribution >= 0.6 is 0 Å². The Morgan fingerprint density at radius 3 is 2.10 bits per heavy atom. The summed E-state index contributed by atoms with van der Waals surface area (Å²) in [6.45, 7) is 10.8. The van der Waals surface area contributed by atoms with E-state index in [-0.39, 0.29) is 5.91 Å². The van der Waals surface area contributed by atoms with Crippen molar-refractivity contribution in [1.29, 1.82) is 0 Å². The Labute approximate surface area is 132 Å². The molecule has 21 heavy (non-hydrogen) atoms. The molecule has 1 amide bonds. The minimum absolute atomic E-state index is 0.237. The molecule has 0 aromatic rings. The number of nitrogens with one attached hydrogen (secondary N) is 2. The molecule has 2 N–H and O–H groups in total. The number of carbonyl (C=O) groups is 1. The summed E-state index contributed by atoms with van der Waals surface area (Å²) in [6, 6.07) is 0.592. The van der Waals surface area contributed by atoms with Crippen LogP contribution in [-0.2, 0) is 4.79 Å². The first-order chi connectivity index (χ1) is 10.0. The average Bonchev–Trinajstić information content (AvgIpc) is 2.40. The molecule has 3 heteroatoms. The van der Waals surface area contributed by atoms with Crippen LogP contribution in [0.25, 0.3) is 0 Å². The van der Waals surface area contributed by atoms with E-state index in [9.17, 15) is 4.79 Å². The third-order valence-corrected chi connectivity index (χ3v) is 3.66. The molecule has 0 spiro atoms. The van der Waals surface area contributed by atoms with Crippen molar-refractivity contribution < 1.29 is 4.79 Å². The van der Waals surface area contributed by atoms with Gasteiger partial charge in [0.2, 0.25) is 5.91 Å². The van der Waals surface area contributed by atoms with Crippen LogP contribution in [0, 0.1) is 5.92 Å². The van der Waals surface area contributed by atoms with E-state index in [1.807, 2.05) is 0 Å². The molecule has 0 aromatic heterocycles. The van der Waals surface area contributed by atoms with Crippen LogP contribution in [-0.4, -0.2) is 25.0 Å². The van der Waals surface area contributed by atoms with E-state index in [1.165, 1.54) is 38.5 Å². The summed E-state index contributed by atoms with van der Waals surface area (Å²) in [5, 5.41) is 6.46. The van der Waals surface area contributed by atoms with Crippen molar-refractivity contribution in [2.24, 2.45) is 5.92 Å². The minimum atomic E-state index is 0.237. The first-order valence-corrected chi connectivity index (χ1v) is 9.02. The Kier molecular flexibility index (Phi) is 14.0. The van der Waals surface area contributed by atoms with Crippen molar-refractivity contribution in [2.75, 3.05) is 13.1 Å². The van der Waals surface area contributed by atoms with E-state index in [2.05, 4.69) is 38.3 Å². The van der Waals surface area contributed by atoms with Crippen LogP contribution < -0.4 is 10.6 Å². The van der Waals surface area contributed by atoms with Gasteiger partial charge in [0.05, 0.1) is 0 Å². The lowest BCUT2D eigenvalue weighted by Gasteiger charge is -2.08. The molecule has 0 aliphatic carbocycles. The molecule has 0 radical (unpaired) electrons. The smallest absolute Gasteiger partial charge is 0.219 e. The fraction of sp³-hybridized carbons (Fsp3) is 0.944. The van der Waals surface area contributed by atoms with Gasteiger partial charge in [0, 0.05) is 19.0 Å². The van der Waals surface area contributed by atoms with E-state index in [1.54, 1.807) is 0 Å². The number of carbonyl (C=O) groups excluding carboxylic acids is 1. The molecule has 0 fully saturated rings. The van der Waals surface area contributed by atoms with Gasteiger partial charge in [0.1, 0.15) is 0 Å². The van der Waals surface area contributed by atoms with Gasteiger partial charge in [-0.25, -0.2) is 0 Å². The highest BCUT2D eigenvalue weighted by Crippen LogP contribution is 2.06. The second-order valence-electron chi connectivity index (χ2n) is 6.87. The summed E-state index contributed by atoms with van der Waals surface area (Å²) < 4.78 is 0. The Hall–Kier alpha value is -0.570. The van der Waals surface area contributed by atoms with Gasteiger partial charge in [-0.1, -0.05) is 59.8 Å². The van der Waals surface area contributed by atoms with Crippen LogP contribution in [0.2, 0.25) is 0 Å². The molecule has 0 bridgehead atoms. The van der Waals surface area contributed by atoms with Gasteiger partial charge >= 0.3 is 0 Å². The maximum atomic E-state index is 11.6. The van der Waals surface area contributed by atoms with Crippen LogP contribution in [0.1, 0.15) is 85.5 Å². The Balaban J connectivity index is 3.19. The second kappa shape index (κ2) is 14.4. The first-order valence-electron chi connectivity index (χ1n) is 9.02. The lowest BCUT2D eigenvalue weighted by Crippen LogP contribution is -2.24. The molecule has 0 aromatic carbocycles. The van der Waals surface area contributed by atoms with Gasteiger partial charge in [-0.15, -0.1) is 0 Å². The van der Waals surface area contributed by atoms with Crippen LogP contribution in [0.3, 0.4) is 0 Å². The van der Waals surface area contributed by atoms with Gasteiger partial charge in [0.15, 0.2) is 0 Å². The Bertz CT molecular complexity index is 239. The van der Waals surface area contributed by atoms with Crippen molar-refractivity contribution in [3.8, 4) is 0 Å². The van der Waals surface area contributed by atoms with Gasteiger partial charge < -0.3 is 10.6 Å². The van der Waals surface area contributed by atoms with Crippen LogP contribution in [0.5, 0.6) is 0 Å². The highest BCUT2D eigenvalue weighted by molar-refractivity contribution is 5.75. The highest BCUT2D eigenvalue weighted by atomic mass is 16.1. The highest BCUT2D eigenvalue weighted by Gasteiger charge is 2.01. The number of hydrogen-bond acceptors (Lipinski definition) is 2. The molecular formula is C18H38N2O. The monoisotopic (exact) mass is 298 g/mol. The molecule has 3 nitrogen and oxygen atoms in total. The molecule has 0 saturated carbocycles. The van der Waals surface area contributed by atoms with E-state index in [4.69, 9.17) is 0 Å². The molecule has 0 unspecified atom stereocenters. The largest absolute Gasteiger partial charge is 0.356 e. The lowest BCUT2D eigenvalue weighted by atomic mass is 10.1. The Morgan fingerprint density at radius 2 is 1.43 bits per heavy atom. The average molecular weight is 299 g/mol. The van der Waals surface area contributed by atoms with Crippen molar-refractivity contribution in [3.05, 3.63) is 0 Å². The second-order valence-corrected chi connectivity index (χ2v) is 6.87. The quantitative estimate of drug-likeness (QED) is 0.470. The van der Waals surface area contributed by atoms with E-state index in [0.29, 0.717) is 12.5 Å². The van der Waals surface area contributed by atoms with Crippen LogP contribution in [0.15, 0.2) is 0 Å². The normalized spacial score (nSPS) is 11.3. The zero-order valence-corrected chi connectivity index (χ0v) is 14.8. The van der Waals surface area contributed by atoms with E-state index >= 15 is 0 Å². The topological polar surface area (TPSA) is 41.1 Å². The SMILES string of the molecule is CC(C)CCCCNC(=O)CCCCCCCNC(C)C. The molecule has 0 saturated heterocycles. The maximum absolute atomic E-state index is 11.6. The van der Waals surface area contributed by atoms with Crippen molar-refractivity contribution in [2.45, 2.75) is 91.5 Å². The Morgan fingerprint density at radius 1 is 0.810 bits per heavy atom. The summed E-state index contributed by atoms with van der Waals surface area (Å²) in [5.41, 5.74) is 0. The van der Waals surface area contributed by atoms with Crippen molar-refractivity contribution >= 4 is 5.91 Å².